The van der Waals surface area contributed by atoms with Crippen LogP contribution < -0.4 is 4.90 Å². The molecular weight excluding hydrogens is 687 g/mol. The van der Waals surface area contributed by atoms with Gasteiger partial charge in [-0.2, -0.15) is 0 Å². The standard InChI is InChI=1S/C56H39N/c1-55(2)49-19-9-5-18-46(49)48-34-41(30-32-50(48)55)57(40-27-25-37(26-28-40)39-24-23-36-13-3-4-14-38(36)33-39)42-29-31-47-45-17-8-12-22-53(45)56(54(47)35-42)51-20-10-6-15-43(51)44-16-7-11-21-52(44)56/h3-35H,1-2H3. The zero-order chi connectivity index (χ0) is 37.9. The second-order valence-corrected chi connectivity index (χ2v) is 16.5. The zero-order valence-electron chi connectivity index (χ0n) is 32.0. The predicted molar refractivity (Wildman–Crippen MR) is 238 cm³/mol. The summed E-state index contributed by atoms with van der Waals surface area (Å²) in [4.78, 5) is 2.47. The van der Waals surface area contributed by atoms with Gasteiger partial charge in [-0.15, -0.1) is 0 Å². The Balaban J connectivity index is 1.08. The third-order valence-electron chi connectivity index (χ3n) is 13.3. The number of anilines is 3. The molecule has 0 atom stereocenters. The molecule has 0 heterocycles. The van der Waals surface area contributed by atoms with Crippen molar-refractivity contribution in [1.29, 1.82) is 0 Å². The molecule has 1 heteroatoms. The van der Waals surface area contributed by atoms with Crippen molar-refractivity contribution in [3.63, 3.8) is 0 Å². The van der Waals surface area contributed by atoms with Crippen LogP contribution in [0.1, 0.15) is 47.2 Å². The molecule has 0 radical (unpaired) electrons. The first-order valence-corrected chi connectivity index (χ1v) is 20.1. The molecule has 0 fully saturated rings. The third kappa shape index (κ3) is 4.40. The normalized spacial score (nSPS) is 14.4. The number of fused-ring (bicyclic) bond motifs is 14. The van der Waals surface area contributed by atoms with Gasteiger partial charge in [0.25, 0.3) is 0 Å². The fourth-order valence-electron chi connectivity index (χ4n) is 10.7. The SMILES string of the molecule is CC1(C)c2ccccc2-c2cc(N(c3ccc(-c4ccc5ccccc5c4)cc3)c3ccc4c(c3)C3(c5ccccc5-c5ccccc53)c3ccccc3-4)ccc21. The highest BCUT2D eigenvalue weighted by molar-refractivity contribution is 5.97. The molecule has 3 aliphatic rings. The summed E-state index contributed by atoms with van der Waals surface area (Å²) in [6, 6.07) is 75.0. The van der Waals surface area contributed by atoms with Crippen LogP contribution in [0.25, 0.3) is 55.3 Å². The highest BCUT2D eigenvalue weighted by atomic mass is 15.1. The van der Waals surface area contributed by atoms with Crippen LogP contribution in [0.5, 0.6) is 0 Å². The monoisotopic (exact) mass is 725 g/mol. The van der Waals surface area contributed by atoms with Crippen LogP contribution in [0.2, 0.25) is 0 Å². The summed E-state index contributed by atoms with van der Waals surface area (Å²) in [5, 5.41) is 2.51. The van der Waals surface area contributed by atoms with Crippen molar-refractivity contribution < 1.29 is 0 Å². The van der Waals surface area contributed by atoms with Crippen LogP contribution in [0.15, 0.2) is 200 Å². The van der Waals surface area contributed by atoms with E-state index in [1.165, 1.54) is 88.7 Å². The van der Waals surface area contributed by atoms with Gasteiger partial charge in [0.1, 0.15) is 0 Å². The molecule has 57 heavy (non-hydrogen) atoms. The summed E-state index contributed by atoms with van der Waals surface area (Å²) < 4.78 is 0. The average molecular weight is 726 g/mol. The fourth-order valence-corrected chi connectivity index (χ4v) is 10.7. The van der Waals surface area contributed by atoms with Gasteiger partial charge in [0, 0.05) is 22.5 Å². The molecule has 0 amide bonds. The third-order valence-corrected chi connectivity index (χ3v) is 13.3. The molecule has 0 aliphatic heterocycles. The zero-order valence-corrected chi connectivity index (χ0v) is 32.0. The number of nitrogens with zero attached hydrogens (tertiary/aromatic N) is 1. The Kier molecular flexibility index (Phi) is 6.67. The number of hydrogen-bond donors (Lipinski definition) is 0. The van der Waals surface area contributed by atoms with Crippen LogP contribution in [0.3, 0.4) is 0 Å². The van der Waals surface area contributed by atoms with Crippen molar-refractivity contribution in [2.75, 3.05) is 4.90 Å². The van der Waals surface area contributed by atoms with Crippen LogP contribution in [0.4, 0.5) is 17.1 Å². The van der Waals surface area contributed by atoms with E-state index in [4.69, 9.17) is 0 Å². The van der Waals surface area contributed by atoms with Gasteiger partial charge < -0.3 is 4.90 Å². The lowest BCUT2D eigenvalue weighted by atomic mass is 9.70. The Morgan fingerprint density at radius 1 is 0.298 bits per heavy atom. The van der Waals surface area contributed by atoms with Gasteiger partial charge in [0.05, 0.1) is 5.41 Å². The van der Waals surface area contributed by atoms with Crippen LogP contribution in [0, 0.1) is 0 Å². The van der Waals surface area contributed by atoms with E-state index in [1.54, 1.807) is 0 Å². The summed E-state index contributed by atoms with van der Waals surface area (Å²) in [5.41, 5.74) is 21.4. The van der Waals surface area contributed by atoms with Gasteiger partial charge in [0.2, 0.25) is 0 Å². The Morgan fingerprint density at radius 2 is 0.754 bits per heavy atom. The van der Waals surface area contributed by atoms with Gasteiger partial charge >= 0.3 is 0 Å². The van der Waals surface area contributed by atoms with Gasteiger partial charge in [-0.05, 0) is 131 Å². The maximum absolute atomic E-state index is 2.50. The summed E-state index contributed by atoms with van der Waals surface area (Å²) in [6.07, 6.45) is 0. The quantitative estimate of drug-likeness (QED) is 0.175. The Morgan fingerprint density at radius 3 is 1.40 bits per heavy atom. The molecule has 9 aromatic carbocycles. The largest absolute Gasteiger partial charge is 0.310 e. The minimum Gasteiger partial charge on any atom is -0.310 e. The maximum Gasteiger partial charge on any atom is 0.0726 e. The molecule has 1 spiro atoms. The second kappa shape index (κ2) is 11.8. The molecule has 0 saturated carbocycles. The van der Waals surface area contributed by atoms with Crippen LogP contribution in [-0.2, 0) is 10.8 Å². The summed E-state index contributed by atoms with van der Waals surface area (Å²) in [5.74, 6) is 0. The second-order valence-electron chi connectivity index (χ2n) is 16.5. The van der Waals surface area contributed by atoms with Gasteiger partial charge in [-0.3, -0.25) is 0 Å². The lowest BCUT2D eigenvalue weighted by Gasteiger charge is -2.32. The van der Waals surface area contributed by atoms with Crippen molar-refractivity contribution in [2.45, 2.75) is 24.7 Å². The van der Waals surface area contributed by atoms with E-state index in [2.05, 4.69) is 219 Å². The Labute approximate surface area is 334 Å². The van der Waals surface area contributed by atoms with Crippen molar-refractivity contribution >= 4 is 27.8 Å². The van der Waals surface area contributed by atoms with Gasteiger partial charge in [-0.25, -0.2) is 0 Å². The molecule has 9 aromatic rings. The minimum absolute atomic E-state index is 0.0637. The van der Waals surface area contributed by atoms with E-state index < -0.39 is 5.41 Å². The molecule has 268 valence electrons. The Hall–Kier alpha value is -6.96. The molecule has 0 saturated heterocycles. The summed E-state index contributed by atoms with van der Waals surface area (Å²) in [7, 11) is 0. The minimum atomic E-state index is -0.415. The van der Waals surface area contributed by atoms with Crippen molar-refractivity contribution in [3.8, 4) is 44.5 Å². The highest BCUT2D eigenvalue weighted by Gasteiger charge is 2.51. The van der Waals surface area contributed by atoms with E-state index in [0.717, 1.165) is 17.1 Å². The molecule has 0 bridgehead atoms. The summed E-state index contributed by atoms with van der Waals surface area (Å²) >= 11 is 0. The summed E-state index contributed by atoms with van der Waals surface area (Å²) in [6.45, 7) is 4.71. The first-order valence-electron chi connectivity index (χ1n) is 20.1. The molecule has 3 aliphatic carbocycles. The van der Waals surface area contributed by atoms with E-state index in [1.807, 2.05) is 0 Å². The lowest BCUT2D eigenvalue weighted by Crippen LogP contribution is -2.26. The smallest absolute Gasteiger partial charge is 0.0726 e. The van der Waals surface area contributed by atoms with E-state index in [-0.39, 0.29) is 5.41 Å². The maximum atomic E-state index is 2.50. The fraction of sp³-hybridized carbons (Fsp3) is 0.0714. The molecular formula is C56H39N. The predicted octanol–water partition coefficient (Wildman–Crippen LogP) is 14.6. The number of rotatable bonds is 4. The number of hydrogen-bond acceptors (Lipinski definition) is 1. The molecule has 0 unspecified atom stereocenters. The molecule has 12 rings (SSSR count). The van der Waals surface area contributed by atoms with Crippen molar-refractivity contribution in [1.82, 2.24) is 0 Å². The Bertz CT molecular complexity index is 3050. The van der Waals surface area contributed by atoms with Gasteiger partial charge in [0.15, 0.2) is 0 Å². The lowest BCUT2D eigenvalue weighted by molar-refractivity contribution is 0.660. The molecule has 0 N–H and O–H groups in total. The first-order chi connectivity index (χ1) is 28.0. The van der Waals surface area contributed by atoms with E-state index in [0.29, 0.717) is 0 Å². The average Bonchev–Trinajstić information content (AvgIpc) is 3.82. The topological polar surface area (TPSA) is 3.24 Å². The molecule has 1 nitrogen and oxygen atoms in total. The molecule has 0 aromatic heterocycles. The van der Waals surface area contributed by atoms with Crippen molar-refractivity contribution in [3.05, 3.63) is 234 Å². The van der Waals surface area contributed by atoms with Crippen LogP contribution in [-0.4, -0.2) is 0 Å². The van der Waals surface area contributed by atoms with Crippen molar-refractivity contribution in [2.24, 2.45) is 0 Å². The van der Waals surface area contributed by atoms with Crippen LogP contribution >= 0.6 is 0 Å². The van der Waals surface area contributed by atoms with E-state index >= 15 is 0 Å². The first kappa shape index (κ1) is 32.3. The van der Waals surface area contributed by atoms with E-state index in [9.17, 15) is 0 Å². The highest BCUT2D eigenvalue weighted by Crippen LogP contribution is 2.63. The van der Waals surface area contributed by atoms with Gasteiger partial charge in [-0.1, -0.05) is 172 Å². The number of benzene rings is 9.